The Balaban J connectivity index is 4.15. The Morgan fingerprint density at radius 3 is 2.33 bits per heavy atom. The second-order valence-electron chi connectivity index (χ2n) is 3.92. The fourth-order valence-corrected chi connectivity index (χ4v) is 1.09. The number of nitrogens with zero attached hydrogens (tertiary/aromatic N) is 1. The molecule has 1 unspecified atom stereocenters. The van der Waals surface area contributed by atoms with Crippen LogP contribution in [0.5, 0.6) is 0 Å². The van der Waals surface area contributed by atoms with Gasteiger partial charge in [0.25, 0.3) is 0 Å². The highest BCUT2D eigenvalue weighted by Crippen LogP contribution is 2.01. The lowest BCUT2D eigenvalue weighted by Crippen LogP contribution is -2.48. The zero-order chi connectivity index (χ0) is 12.0. The highest BCUT2D eigenvalue weighted by Gasteiger charge is 2.22. The first-order valence-corrected chi connectivity index (χ1v) is 5.17. The van der Waals surface area contributed by atoms with Gasteiger partial charge in [0, 0.05) is 13.6 Å². The van der Waals surface area contributed by atoms with Gasteiger partial charge in [0.15, 0.2) is 0 Å². The highest BCUT2D eigenvalue weighted by molar-refractivity contribution is 5.87. The van der Waals surface area contributed by atoms with Crippen molar-refractivity contribution >= 4 is 11.8 Å². The molecule has 15 heavy (non-hydrogen) atoms. The van der Waals surface area contributed by atoms with Crippen molar-refractivity contribution in [3.05, 3.63) is 0 Å². The molecular weight excluding hydrogens is 194 g/mol. The van der Waals surface area contributed by atoms with Crippen LogP contribution in [0.25, 0.3) is 0 Å². The maximum atomic E-state index is 11.6. The summed E-state index contributed by atoms with van der Waals surface area (Å²) in [5.41, 5.74) is 5.69. The van der Waals surface area contributed by atoms with Crippen LogP contribution in [0.1, 0.15) is 20.8 Å². The largest absolute Gasteiger partial charge is 0.355 e. The number of likely N-dealkylation sites (N-methyl/N-ethyl adjacent to an activating group) is 2. The Kier molecular flexibility index (Phi) is 5.93. The molecule has 0 aliphatic carbocycles. The minimum atomic E-state index is -0.538. The Morgan fingerprint density at radius 2 is 1.93 bits per heavy atom. The lowest BCUT2D eigenvalue weighted by atomic mass is 10.0. The van der Waals surface area contributed by atoms with Crippen LogP contribution in [0.4, 0.5) is 0 Å². The fourth-order valence-electron chi connectivity index (χ4n) is 1.09. The minimum absolute atomic E-state index is 0.0626. The van der Waals surface area contributed by atoms with Gasteiger partial charge in [-0.2, -0.15) is 0 Å². The number of hydrogen-bond donors (Lipinski definition) is 2. The first kappa shape index (κ1) is 13.9. The van der Waals surface area contributed by atoms with E-state index in [1.54, 1.807) is 7.05 Å². The molecule has 0 saturated carbocycles. The van der Waals surface area contributed by atoms with Crippen molar-refractivity contribution in [3.63, 3.8) is 0 Å². The topological polar surface area (TPSA) is 75.4 Å². The molecule has 0 aliphatic heterocycles. The van der Waals surface area contributed by atoms with Crippen LogP contribution in [-0.4, -0.2) is 42.9 Å². The normalized spacial score (nSPS) is 12.4. The van der Waals surface area contributed by atoms with Crippen molar-refractivity contribution in [2.24, 2.45) is 11.7 Å². The summed E-state index contributed by atoms with van der Waals surface area (Å²) in [7, 11) is 1.58. The van der Waals surface area contributed by atoms with E-state index in [1.807, 2.05) is 20.8 Å². The average molecular weight is 215 g/mol. The number of hydrogen-bond acceptors (Lipinski definition) is 3. The van der Waals surface area contributed by atoms with Gasteiger partial charge in [0.1, 0.15) is 0 Å². The summed E-state index contributed by atoms with van der Waals surface area (Å²) >= 11 is 0. The first-order chi connectivity index (χ1) is 6.90. The number of nitrogens with one attached hydrogen (secondary N) is 1. The van der Waals surface area contributed by atoms with Gasteiger partial charge in [-0.3, -0.25) is 9.59 Å². The fraction of sp³-hybridized carbons (Fsp3) is 0.800. The van der Waals surface area contributed by atoms with E-state index in [0.717, 1.165) is 0 Å². The van der Waals surface area contributed by atoms with Crippen molar-refractivity contribution in [2.45, 2.75) is 26.8 Å². The third kappa shape index (κ3) is 4.78. The molecule has 0 rings (SSSR count). The monoisotopic (exact) mass is 215 g/mol. The molecular formula is C10H21N3O2. The van der Waals surface area contributed by atoms with E-state index in [0.29, 0.717) is 6.54 Å². The summed E-state index contributed by atoms with van der Waals surface area (Å²) in [6.07, 6.45) is 0. The second kappa shape index (κ2) is 6.40. The smallest absolute Gasteiger partial charge is 0.239 e. The lowest BCUT2D eigenvalue weighted by molar-refractivity contribution is -0.136. The van der Waals surface area contributed by atoms with Crippen LogP contribution in [0.3, 0.4) is 0 Å². The van der Waals surface area contributed by atoms with Crippen LogP contribution in [0.15, 0.2) is 0 Å². The number of carbonyl (C=O) groups is 2. The summed E-state index contributed by atoms with van der Waals surface area (Å²) in [5, 5.41) is 2.63. The molecule has 1 atom stereocenters. The minimum Gasteiger partial charge on any atom is -0.355 e. The maximum absolute atomic E-state index is 11.6. The average Bonchev–Trinajstić information content (AvgIpc) is 2.15. The molecule has 0 saturated heterocycles. The molecule has 5 nitrogen and oxygen atoms in total. The van der Waals surface area contributed by atoms with Gasteiger partial charge < -0.3 is 16.0 Å². The van der Waals surface area contributed by atoms with Gasteiger partial charge in [0.05, 0.1) is 12.6 Å². The Labute approximate surface area is 91.0 Å². The van der Waals surface area contributed by atoms with Gasteiger partial charge in [-0.25, -0.2) is 0 Å². The summed E-state index contributed by atoms with van der Waals surface area (Å²) in [6.45, 7) is 6.22. The molecule has 0 heterocycles. The highest BCUT2D eigenvalue weighted by atomic mass is 16.2. The Bertz CT molecular complexity index is 229. The molecule has 0 aromatic heterocycles. The van der Waals surface area contributed by atoms with Crippen LogP contribution in [0, 0.1) is 5.92 Å². The van der Waals surface area contributed by atoms with E-state index in [4.69, 9.17) is 5.73 Å². The molecule has 0 fully saturated rings. The van der Waals surface area contributed by atoms with Crippen molar-refractivity contribution in [1.82, 2.24) is 10.2 Å². The third-order valence-corrected chi connectivity index (χ3v) is 2.13. The molecule has 0 aliphatic rings. The molecule has 0 bridgehead atoms. The van der Waals surface area contributed by atoms with Crippen LogP contribution in [-0.2, 0) is 9.59 Å². The van der Waals surface area contributed by atoms with E-state index >= 15 is 0 Å². The first-order valence-electron chi connectivity index (χ1n) is 5.17. The van der Waals surface area contributed by atoms with E-state index in [9.17, 15) is 9.59 Å². The van der Waals surface area contributed by atoms with E-state index in [1.165, 1.54) is 4.90 Å². The van der Waals surface area contributed by atoms with E-state index < -0.39 is 6.04 Å². The summed E-state index contributed by atoms with van der Waals surface area (Å²) in [5.74, 6) is -0.283. The molecule has 0 aromatic carbocycles. The van der Waals surface area contributed by atoms with Crippen LogP contribution >= 0.6 is 0 Å². The summed E-state index contributed by atoms with van der Waals surface area (Å²) in [4.78, 5) is 24.2. The van der Waals surface area contributed by atoms with Gasteiger partial charge in [0.2, 0.25) is 11.8 Å². The summed E-state index contributed by atoms with van der Waals surface area (Å²) in [6, 6.07) is -0.538. The molecule has 0 spiro atoms. The van der Waals surface area contributed by atoms with Gasteiger partial charge in [-0.05, 0) is 12.8 Å². The zero-order valence-corrected chi connectivity index (χ0v) is 9.91. The molecule has 2 amide bonds. The van der Waals surface area contributed by atoms with Crippen LogP contribution < -0.4 is 11.1 Å². The van der Waals surface area contributed by atoms with Crippen molar-refractivity contribution in [2.75, 3.05) is 20.1 Å². The van der Waals surface area contributed by atoms with E-state index in [2.05, 4.69) is 5.32 Å². The quantitative estimate of drug-likeness (QED) is 0.653. The molecule has 0 aromatic rings. The van der Waals surface area contributed by atoms with Gasteiger partial charge >= 0.3 is 0 Å². The Hall–Kier alpha value is -1.10. The van der Waals surface area contributed by atoms with Crippen molar-refractivity contribution in [3.8, 4) is 0 Å². The van der Waals surface area contributed by atoms with Crippen molar-refractivity contribution < 1.29 is 9.59 Å². The van der Waals surface area contributed by atoms with Gasteiger partial charge in [-0.15, -0.1) is 0 Å². The second-order valence-corrected chi connectivity index (χ2v) is 3.92. The summed E-state index contributed by atoms with van der Waals surface area (Å²) < 4.78 is 0. The standard InChI is InChI=1S/C10H21N3O2/c1-5-12-8(14)6-13(4)10(15)9(11)7(2)3/h7,9H,5-6,11H2,1-4H3,(H,12,14). The number of amides is 2. The molecule has 88 valence electrons. The maximum Gasteiger partial charge on any atom is 0.239 e. The zero-order valence-electron chi connectivity index (χ0n) is 9.91. The SMILES string of the molecule is CCNC(=O)CN(C)C(=O)C(N)C(C)C. The van der Waals surface area contributed by atoms with E-state index in [-0.39, 0.29) is 24.3 Å². The lowest BCUT2D eigenvalue weighted by Gasteiger charge is -2.22. The number of nitrogens with two attached hydrogens (primary N) is 1. The van der Waals surface area contributed by atoms with Crippen LogP contribution in [0.2, 0.25) is 0 Å². The number of rotatable bonds is 5. The van der Waals surface area contributed by atoms with Crippen molar-refractivity contribution in [1.29, 1.82) is 0 Å². The molecule has 0 radical (unpaired) electrons. The molecule has 3 N–H and O–H groups in total. The predicted molar refractivity (Wildman–Crippen MR) is 59.1 cm³/mol. The Morgan fingerprint density at radius 1 is 1.40 bits per heavy atom. The molecule has 5 heteroatoms. The number of carbonyl (C=O) groups excluding carboxylic acids is 2. The predicted octanol–water partition coefficient (Wildman–Crippen LogP) is -0.436. The van der Waals surface area contributed by atoms with Gasteiger partial charge in [-0.1, -0.05) is 13.8 Å². The third-order valence-electron chi connectivity index (χ3n) is 2.13.